The molecule has 0 radical (unpaired) electrons. The Morgan fingerprint density at radius 1 is 1.57 bits per heavy atom. The van der Waals surface area contributed by atoms with Crippen LogP contribution in [0, 0.1) is 0 Å². The average Bonchev–Trinajstić information content (AvgIpc) is 2.89. The second-order valence-corrected chi connectivity index (χ2v) is 7.16. The molecule has 0 unspecified atom stereocenters. The summed E-state index contributed by atoms with van der Waals surface area (Å²) >= 11 is 1.94. The molecule has 5 nitrogen and oxygen atoms in total. The Kier molecular flexibility index (Phi) is 4.47. The first-order valence-electron chi connectivity index (χ1n) is 7.12. The van der Waals surface area contributed by atoms with Gasteiger partial charge in [-0.05, 0) is 18.1 Å². The minimum atomic E-state index is 0.0865. The van der Waals surface area contributed by atoms with E-state index in [-0.39, 0.29) is 23.4 Å². The van der Waals surface area contributed by atoms with Crippen molar-refractivity contribution in [1.82, 2.24) is 9.88 Å². The Morgan fingerprint density at radius 2 is 2.43 bits per heavy atom. The minimum Gasteiger partial charge on any atom is -0.375 e. The molecule has 2 aliphatic rings. The summed E-state index contributed by atoms with van der Waals surface area (Å²) in [5.74, 6) is 1.09. The highest BCUT2D eigenvalue weighted by Gasteiger charge is 2.50. The van der Waals surface area contributed by atoms with Crippen LogP contribution in [0.25, 0.3) is 0 Å². The molecule has 2 aliphatic heterocycles. The van der Waals surface area contributed by atoms with E-state index in [0.29, 0.717) is 6.61 Å². The van der Waals surface area contributed by atoms with Gasteiger partial charge in [-0.2, -0.15) is 0 Å². The van der Waals surface area contributed by atoms with E-state index in [2.05, 4.69) is 4.98 Å². The number of carbonyl (C=O) groups is 1. The molecule has 2 saturated heterocycles. The van der Waals surface area contributed by atoms with E-state index < -0.39 is 0 Å². The number of hydrogen-bond donors (Lipinski definition) is 0. The maximum Gasteiger partial charge on any atom is 0.248 e. The Balaban J connectivity index is 1.43. The van der Waals surface area contributed by atoms with E-state index >= 15 is 0 Å². The van der Waals surface area contributed by atoms with Crippen molar-refractivity contribution in [3.63, 3.8) is 0 Å². The van der Waals surface area contributed by atoms with Crippen molar-refractivity contribution in [2.45, 2.75) is 23.9 Å². The SMILES string of the molecule is COCC(=O)N1CC2(C[C@@H](OCc3cccnc3)CS2)C1. The number of hydrogen-bond acceptors (Lipinski definition) is 5. The van der Waals surface area contributed by atoms with Crippen molar-refractivity contribution in [2.75, 3.05) is 32.6 Å². The summed E-state index contributed by atoms with van der Waals surface area (Å²) in [6.07, 6.45) is 4.90. The number of aromatic nitrogens is 1. The van der Waals surface area contributed by atoms with Gasteiger partial charge in [-0.15, -0.1) is 11.8 Å². The summed E-state index contributed by atoms with van der Waals surface area (Å²) in [4.78, 5) is 17.7. The molecule has 114 valence electrons. The third kappa shape index (κ3) is 3.39. The number of ether oxygens (including phenoxy) is 2. The van der Waals surface area contributed by atoms with E-state index in [1.165, 1.54) is 0 Å². The first-order valence-corrected chi connectivity index (χ1v) is 8.10. The quantitative estimate of drug-likeness (QED) is 0.821. The molecule has 1 aromatic heterocycles. The van der Waals surface area contributed by atoms with Crippen LogP contribution in [0.1, 0.15) is 12.0 Å². The zero-order valence-electron chi connectivity index (χ0n) is 12.2. The number of carbonyl (C=O) groups excluding carboxylic acids is 1. The highest BCUT2D eigenvalue weighted by atomic mass is 32.2. The van der Waals surface area contributed by atoms with E-state index in [4.69, 9.17) is 9.47 Å². The summed E-state index contributed by atoms with van der Waals surface area (Å²) in [7, 11) is 1.56. The van der Waals surface area contributed by atoms with Gasteiger partial charge in [0.2, 0.25) is 5.91 Å². The normalized spacial score (nSPS) is 23.3. The highest BCUT2D eigenvalue weighted by Crippen LogP contribution is 2.46. The van der Waals surface area contributed by atoms with Gasteiger partial charge in [0, 0.05) is 38.3 Å². The van der Waals surface area contributed by atoms with Crippen LogP contribution in [0.4, 0.5) is 0 Å². The fourth-order valence-corrected chi connectivity index (χ4v) is 4.42. The van der Waals surface area contributed by atoms with Gasteiger partial charge in [0.05, 0.1) is 17.5 Å². The Labute approximate surface area is 129 Å². The van der Waals surface area contributed by atoms with Crippen molar-refractivity contribution in [3.05, 3.63) is 30.1 Å². The van der Waals surface area contributed by atoms with Crippen molar-refractivity contribution >= 4 is 17.7 Å². The predicted octanol–water partition coefficient (Wildman–Crippen LogP) is 1.33. The van der Waals surface area contributed by atoms with Gasteiger partial charge in [0.15, 0.2) is 0 Å². The number of nitrogens with zero attached hydrogens (tertiary/aromatic N) is 2. The zero-order valence-corrected chi connectivity index (χ0v) is 13.0. The van der Waals surface area contributed by atoms with Crippen LogP contribution in [0.2, 0.25) is 0 Å². The minimum absolute atomic E-state index is 0.0865. The largest absolute Gasteiger partial charge is 0.375 e. The summed E-state index contributed by atoms with van der Waals surface area (Å²) < 4.78 is 11.1. The fourth-order valence-electron chi connectivity index (χ4n) is 2.87. The van der Waals surface area contributed by atoms with Gasteiger partial charge in [0.1, 0.15) is 6.61 Å². The molecule has 3 rings (SSSR count). The molecule has 1 atom stereocenters. The molecule has 3 heterocycles. The molecule has 6 heteroatoms. The molecule has 0 bridgehead atoms. The third-order valence-corrected chi connectivity index (χ3v) is 5.54. The van der Waals surface area contributed by atoms with Gasteiger partial charge in [-0.1, -0.05) is 6.07 Å². The lowest BCUT2D eigenvalue weighted by molar-refractivity contribution is -0.140. The smallest absolute Gasteiger partial charge is 0.248 e. The number of thioether (sulfide) groups is 1. The highest BCUT2D eigenvalue weighted by molar-refractivity contribution is 8.01. The molecule has 1 spiro atoms. The molecule has 21 heavy (non-hydrogen) atoms. The van der Waals surface area contributed by atoms with E-state index in [0.717, 1.165) is 30.8 Å². The van der Waals surface area contributed by atoms with E-state index in [1.807, 2.05) is 35.0 Å². The molecule has 0 aromatic carbocycles. The zero-order chi connectivity index (χ0) is 14.7. The number of amides is 1. The molecule has 2 fully saturated rings. The summed E-state index contributed by atoms with van der Waals surface area (Å²) in [5.41, 5.74) is 1.11. The van der Waals surface area contributed by atoms with Crippen LogP contribution < -0.4 is 0 Å². The van der Waals surface area contributed by atoms with Crippen LogP contribution >= 0.6 is 11.8 Å². The van der Waals surface area contributed by atoms with Gasteiger partial charge >= 0.3 is 0 Å². The maximum atomic E-state index is 11.7. The van der Waals surface area contributed by atoms with Gasteiger partial charge in [-0.3, -0.25) is 9.78 Å². The Bertz CT molecular complexity index is 491. The van der Waals surface area contributed by atoms with Crippen LogP contribution in [0.15, 0.2) is 24.5 Å². The van der Waals surface area contributed by atoms with Crippen molar-refractivity contribution in [2.24, 2.45) is 0 Å². The molecule has 0 saturated carbocycles. The second kappa shape index (κ2) is 6.34. The Morgan fingerprint density at radius 3 is 3.14 bits per heavy atom. The van der Waals surface area contributed by atoms with Crippen LogP contribution in [0.5, 0.6) is 0 Å². The second-order valence-electron chi connectivity index (χ2n) is 5.68. The first kappa shape index (κ1) is 14.8. The Hall–Kier alpha value is -1.11. The fraction of sp³-hybridized carbons (Fsp3) is 0.600. The molecular weight excluding hydrogens is 288 g/mol. The van der Waals surface area contributed by atoms with Gasteiger partial charge < -0.3 is 14.4 Å². The lowest BCUT2D eigenvalue weighted by atomic mass is 9.93. The van der Waals surface area contributed by atoms with E-state index in [9.17, 15) is 4.79 Å². The van der Waals surface area contributed by atoms with Gasteiger partial charge in [-0.25, -0.2) is 0 Å². The lowest BCUT2D eigenvalue weighted by Gasteiger charge is -2.47. The molecule has 0 N–H and O–H groups in total. The molecule has 1 amide bonds. The third-order valence-electron chi connectivity index (χ3n) is 3.96. The predicted molar refractivity (Wildman–Crippen MR) is 81.1 cm³/mol. The lowest BCUT2D eigenvalue weighted by Crippen LogP contribution is -2.61. The number of likely N-dealkylation sites (tertiary alicyclic amines) is 1. The summed E-state index contributed by atoms with van der Waals surface area (Å²) in [6, 6.07) is 3.95. The van der Waals surface area contributed by atoms with E-state index in [1.54, 1.807) is 13.3 Å². The number of methoxy groups -OCH3 is 1. The van der Waals surface area contributed by atoms with Crippen molar-refractivity contribution in [3.8, 4) is 0 Å². The number of rotatable bonds is 5. The maximum absolute atomic E-state index is 11.7. The van der Waals surface area contributed by atoms with Crippen molar-refractivity contribution < 1.29 is 14.3 Å². The molecule has 0 aliphatic carbocycles. The van der Waals surface area contributed by atoms with Gasteiger partial charge in [0.25, 0.3) is 0 Å². The standard InChI is InChI=1S/C15H20N2O3S/c1-19-8-14(18)17-10-15(11-17)5-13(9-21-15)20-7-12-3-2-4-16-6-12/h2-4,6,13H,5,7-11H2,1H3/t13-/m1/s1. The summed E-state index contributed by atoms with van der Waals surface area (Å²) in [6.45, 7) is 2.45. The molecule has 1 aromatic rings. The number of pyridine rings is 1. The van der Waals surface area contributed by atoms with Crippen LogP contribution in [-0.4, -0.2) is 59.2 Å². The van der Waals surface area contributed by atoms with Crippen LogP contribution in [-0.2, 0) is 20.9 Å². The average molecular weight is 308 g/mol. The molecular formula is C15H20N2O3S. The van der Waals surface area contributed by atoms with Crippen molar-refractivity contribution in [1.29, 1.82) is 0 Å². The van der Waals surface area contributed by atoms with Crippen LogP contribution in [0.3, 0.4) is 0 Å². The monoisotopic (exact) mass is 308 g/mol. The first-order chi connectivity index (χ1) is 10.2. The topological polar surface area (TPSA) is 51.7 Å². The summed E-state index contributed by atoms with van der Waals surface area (Å²) in [5, 5.41) is 0.